The van der Waals surface area contributed by atoms with Gasteiger partial charge in [-0.25, -0.2) is 4.98 Å². The lowest BCUT2D eigenvalue weighted by atomic mass is 9.79. The van der Waals surface area contributed by atoms with Crippen LogP contribution in [0.3, 0.4) is 0 Å². The van der Waals surface area contributed by atoms with E-state index in [1.807, 2.05) is 6.21 Å². The number of hydrogen-bond donors (Lipinski definition) is 1. The highest BCUT2D eigenvalue weighted by Gasteiger charge is 2.25. The maximum Gasteiger partial charge on any atom is 0.128 e. The summed E-state index contributed by atoms with van der Waals surface area (Å²) in [5, 5.41) is 17.2. The summed E-state index contributed by atoms with van der Waals surface area (Å²) in [6.45, 7) is 22.1. The van der Waals surface area contributed by atoms with Crippen LogP contribution in [0.1, 0.15) is 90.1 Å². The van der Waals surface area contributed by atoms with Crippen molar-refractivity contribution in [1.82, 2.24) is 4.98 Å². The predicted molar refractivity (Wildman–Crippen MR) is 222 cm³/mol. The van der Waals surface area contributed by atoms with Crippen molar-refractivity contribution in [1.29, 1.82) is 0 Å². The van der Waals surface area contributed by atoms with Gasteiger partial charge < -0.3 is 5.11 Å². The molecule has 0 saturated carbocycles. The lowest BCUT2D eigenvalue weighted by Crippen LogP contribution is -2.17. The zero-order valence-electron chi connectivity index (χ0n) is 31.6. The zero-order chi connectivity index (χ0) is 36.5. The number of aromatic nitrogens is 1. The first-order valence-corrected chi connectivity index (χ1v) is 18.7. The molecule has 7 rings (SSSR count). The van der Waals surface area contributed by atoms with E-state index in [9.17, 15) is 5.11 Å². The Labute approximate surface area is 306 Å². The largest absolute Gasteiger partial charge is 0.507 e. The molecule has 0 atom stereocenters. The second-order valence-corrected chi connectivity index (χ2v) is 18.0. The lowest BCUT2D eigenvalue weighted by Gasteiger charge is -2.27. The van der Waals surface area contributed by atoms with Crippen molar-refractivity contribution in [3.63, 3.8) is 0 Å². The topological polar surface area (TPSA) is 45.5 Å². The summed E-state index contributed by atoms with van der Waals surface area (Å²) < 4.78 is 1.16. The summed E-state index contributed by atoms with van der Waals surface area (Å²) in [6.07, 6.45) is 1.85. The summed E-state index contributed by atoms with van der Waals surface area (Å²) in [4.78, 5) is 10.7. The maximum atomic E-state index is 11.6. The summed E-state index contributed by atoms with van der Waals surface area (Å²) >= 11 is 1.72. The monoisotopic (exact) mass is 688 g/mol. The molecule has 7 aromatic rings. The van der Waals surface area contributed by atoms with Crippen LogP contribution >= 0.6 is 11.3 Å². The Bertz CT molecular complexity index is 2500. The summed E-state index contributed by atoms with van der Waals surface area (Å²) in [5.41, 5.74) is 10.2. The lowest BCUT2D eigenvalue weighted by molar-refractivity contribution is 0.444. The first-order chi connectivity index (χ1) is 24.0. The third kappa shape index (κ3) is 6.47. The second-order valence-electron chi connectivity index (χ2n) is 17.0. The van der Waals surface area contributed by atoms with Crippen molar-refractivity contribution in [2.45, 2.75) is 85.5 Å². The van der Waals surface area contributed by atoms with Crippen molar-refractivity contribution >= 4 is 55.0 Å². The van der Waals surface area contributed by atoms with Crippen LogP contribution in [0, 0.1) is 6.92 Å². The molecule has 0 unspecified atom stereocenters. The van der Waals surface area contributed by atoms with Crippen LogP contribution < -0.4 is 0 Å². The standard InChI is InChI=1S/C47H48N2OS/c1-28-19-21-36(35-18-14-13-16-33(28)35)38-24-32(46(5,6)7)26-40-42(38)49-44(51-40)37-22-20-29-15-11-12-17-34(29)41(37)48-27-30-23-31(45(2,3)4)25-39(43(30)50)47(8,9)10/h11-27,50H,1-10H3. The van der Waals surface area contributed by atoms with Gasteiger partial charge in [0.2, 0.25) is 0 Å². The molecule has 51 heavy (non-hydrogen) atoms. The van der Waals surface area contributed by atoms with Crippen molar-refractivity contribution in [3.05, 3.63) is 125 Å². The van der Waals surface area contributed by atoms with E-state index in [4.69, 9.17) is 9.98 Å². The Morgan fingerprint density at radius 2 is 1.25 bits per heavy atom. The van der Waals surface area contributed by atoms with Gasteiger partial charge in [-0.2, -0.15) is 0 Å². The molecule has 1 aromatic heterocycles. The second kappa shape index (κ2) is 12.5. The van der Waals surface area contributed by atoms with Crippen LogP contribution in [-0.4, -0.2) is 16.3 Å². The predicted octanol–water partition coefficient (Wildman–Crippen LogP) is 13.6. The van der Waals surface area contributed by atoms with Gasteiger partial charge in [0.25, 0.3) is 0 Å². The van der Waals surface area contributed by atoms with Gasteiger partial charge in [-0.3, -0.25) is 4.99 Å². The van der Waals surface area contributed by atoms with Gasteiger partial charge in [0.1, 0.15) is 10.8 Å². The minimum Gasteiger partial charge on any atom is -0.507 e. The molecule has 0 radical (unpaired) electrons. The van der Waals surface area contributed by atoms with Crippen molar-refractivity contribution in [2.24, 2.45) is 4.99 Å². The van der Waals surface area contributed by atoms with Gasteiger partial charge >= 0.3 is 0 Å². The minimum atomic E-state index is -0.230. The van der Waals surface area contributed by atoms with Crippen LogP contribution in [0.15, 0.2) is 102 Å². The molecular weight excluding hydrogens is 641 g/mol. The summed E-state index contributed by atoms with van der Waals surface area (Å²) in [5.74, 6) is 0.283. The van der Waals surface area contributed by atoms with Gasteiger partial charge in [0.05, 0.1) is 15.9 Å². The molecule has 0 aliphatic carbocycles. The molecule has 0 saturated heterocycles. The Morgan fingerprint density at radius 1 is 0.627 bits per heavy atom. The fraction of sp³-hybridized carbons (Fsp3) is 0.277. The number of aryl methyl sites for hydroxylation is 1. The first-order valence-electron chi connectivity index (χ1n) is 17.9. The molecule has 1 N–H and O–H groups in total. The molecule has 3 nitrogen and oxygen atoms in total. The van der Waals surface area contributed by atoms with Gasteiger partial charge in [-0.1, -0.05) is 135 Å². The highest BCUT2D eigenvalue weighted by Crippen LogP contribution is 2.45. The van der Waals surface area contributed by atoms with E-state index in [0.29, 0.717) is 0 Å². The van der Waals surface area contributed by atoms with Crippen LogP contribution in [0.4, 0.5) is 5.69 Å². The number of aromatic hydroxyl groups is 1. The number of phenolic OH excluding ortho intramolecular Hbond substituents is 1. The number of aliphatic imine (C=N–C) groups is 1. The molecule has 258 valence electrons. The zero-order valence-corrected chi connectivity index (χ0v) is 32.4. The summed E-state index contributed by atoms with van der Waals surface area (Å²) in [6, 6.07) is 34.8. The van der Waals surface area contributed by atoms with E-state index in [-0.39, 0.29) is 22.0 Å². The fourth-order valence-electron chi connectivity index (χ4n) is 6.93. The van der Waals surface area contributed by atoms with Crippen molar-refractivity contribution in [3.8, 4) is 27.4 Å². The molecule has 4 heteroatoms. The van der Waals surface area contributed by atoms with Gasteiger partial charge in [-0.15, -0.1) is 11.3 Å². The normalized spacial score (nSPS) is 12.9. The quantitative estimate of drug-likeness (QED) is 0.187. The Morgan fingerprint density at radius 3 is 1.94 bits per heavy atom. The molecule has 0 amide bonds. The number of rotatable bonds is 4. The number of fused-ring (bicyclic) bond motifs is 3. The minimum absolute atomic E-state index is 0.0402. The number of phenols is 1. The molecule has 1 heterocycles. The van der Waals surface area contributed by atoms with E-state index >= 15 is 0 Å². The Hall–Kier alpha value is -4.80. The van der Waals surface area contributed by atoms with Crippen LogP contribution in [0.5, 0.6) is 5.75 Å². The van der Waals surface area contributed by atoms with Crippen LogP contribution in [-0.2, 0) is 16.2 Å². The third-order valence-electron chi connectivity index (χ3n) is 10.1. The van der Waals surface area contributed by atoms with Crippen molar-refractivity contribution < 1.29 is 5.11 Å². The van der Waals surface area contributed by atoms with E-state index in [2.05, 4.69) is 166 Å². The molecular formula is C47H48N2OS. The molecule has 0 bridgehead atoms. The highest BCUT2D eigenvalue weighted by molar-refractivity contribution is 7.21. The Balaban J connectivity index is 1.47. The molecule has 0 spiro atoms. The average Bonchev–Trinajstić information content (AvgIpc) is 3.50. The molecule has 6 aromatic carbocycles. The van der Waals surface area contributed by atoms with Gasteiger partial charge in [-0.05, 0) is 85.8 Å². The number of hydrogen-bond acceptors (Lipinski definition) is 4. The molecule has 0 aliphatic heterocycles. The molecule has 0 fully saturated rings. The van der Waals surface area contributed by atoms with Gasteiger partial charge in [0, 0.05) is 33.9 Å². The van der Waals surface area contributed by atoms with E-state index in [1.54, 1.807) is 11.3 Å². The van der Waals surface area contributed by atoms with E-state index in [1.165, 1.54) is 33.0 Å². The van der Waals surface area contributed by atoms with Crippen LogP contribution in [0.2, 0.25) is 0 Å². The van der Waals surface area contributed by atoms with E-state index < -0.39 is 0 Å². The molecule has 0 aliphatic rings. The summed E-state index contributed by atoms with van der Waals surface area (Å²) in [7, 11) is 0. The highest BCUT2D eigenvalue weighted by atomic mass is 32.1. The average molecular weight is 689 g/mol. The fourth-order valence-corrected chi connectivity index (χ4v) is 7.99. The van der Waals surface area contributed by atoms with Crippen molar-refractivity contribution in [2.75, 3.05) is 0 Å². The Kier molecular flexibility index (Phi) is 8.46. The number of nitrogens with zero attached hydrogens (tertiary/aromatic N) is 2. The maximum absolute atomic E-state index is 11.6. The smallest absolute Gasteiger partial charge is 0.128 e. The van der Waals surface area contributed by atoms with Gasteiger partial charge in [0.15, 0.2) is 0 Å². The first kappa shape index (κ1) is 34.6. The SMILES string of the molecule is Cc1ccc(-c2cc(C(C)(C)C)cc3sc(-c4ccc5ccccc5c4N=Cc4cc(C(C)(C)C)cc(C(C)(C)C)c4O)nc23)c2ccccc12. The van der Waals surface area contributed by atoms with Crippen LogP contribution in [0.25, 0.3) is 53.5 Å². The number of thiazole rings is 1. The number of benzene rings is 6. The third-order valence-corrected chi connectivity index (χ3v) is 11.1. The van der Waals surface area contributed by atoms with E-state index in [0.717, 1.165) is 53.9 Å².